The van der Waals surface area contributed by atoms with Crippen molar-refractivity contribution in [1.29, 1.82) is 0 Å². The number of nitrogens with zero attached hydrogens (tertiary/aromatic N) is 4. The monoisotopic (exact) mass is 1200 g/mol. The van der Waals surface area contributed by atoms with Crippen LogP contribution in [-0.2, 0) is 31.9 Å². The Morgan fingerprint density at radius 1 is 0.506 bits per heavy atom. The van der Waals surface area contributed by atoms with Crippen LogP contribution in [0.5, 0.6) is 0 Å². The first-order valence-corrected chi connectivity index (χ1v) is 29.4. The molecule has 0 fully saturated rings. The van der Waals surface area contributed by atoms with E-state index in [1.165, 1.54) is 59.9 Å². The molecule has 11 rings (SSSR count). The second-order valence-corrected chi connectivity index (χ2v) is 27.7. The van der Waals surface area contributed by atoms with E-state index in [-0.39, 0.29) is 37.8 Å². The van der Waals surface area contributed by atoms with E-state index in [1.54, 1.807) is 0 Å². The van der Waals surface area contributed by atoms with Gasteiger partial charge in [-0.3, -0.25) is 0 Å². The van der Waals surface area contributed by atoms with E-state index in [1.807, 2.05) is 6.20 Å². The van der Waals surface area contributed by atoms with Crippen LogP contribution in [-0.4, -0.2) is 17.6 Å². The third-order valence-electron chi connectivity index (χ3n) is 15.8. The van der Waals surface area contributed by atoms with E-state index in [4.69, 9.17) is 4.98 Å². The topological polar surface area (TPSA) is 24.3 Å². The first-order valence-electron chi connectivity index (χ1n) is 27.4. The Morgan fingerprint density at radius 3 is 1.77 bits per heavy atom. The van der Waals surface area contributed by atoms with Gasteiger partial charge in [0.15, 0.2) is 0 Å². The molecule has 0 bridgehead atoms. The zero-order chi connectivity index (χ0) is 53.3. The van der Waals surface area contributed by atoms with E-state index in [0.717, 1.165) is 50.2 Å². The van der Waals surface area contributed by atoms with Crippen molar-refractivity contribution in [3.8, 4) is 16.9 Å². The fourth-order valence-corrected chi connectivity index (χ4v) is 16.2. The maximum atomic E-state index is 5.23. The van der Waals surface area contributed by atoms with Gasteiger partial charge in [0.05, 0.1) is 0 Å². The van der Waals surface area contributed by atoms with Crippen molar-refractivity contribution >= 4 is 73.4 Å². The molecule has 77 heavy (non-hydrogen) atoms. The Labute approximate surface area is 474 Å². The molecule has 392 valence electrons. The molecule has 0 N–H and O–H groups in total. The Hall–Kier alpha value is -6.78. The van der Waals surface area contributed by atoms with Gasteiger partial charge < -0.3 is 14.4 Å². The maximum absolute atomic E-state index is 5.23. The Morgan fingerprint density at radius 2 is 1.13 bits per heavy atom. The van der Waals surface area contributed by atoms with Crippen molar-refractivity contribution in [3.63, 3.8) is 0 Å². The van der Waals surface area contributed by atoms with Crippen LogP contribution >= 0.6 is 0 Å². The Bertz CT molecular complexity index is 3700. The molecule has 4 nitrogen and oxygen atoms in total. The molecule has 0 atom stereocenters. The molecule has 0 radical (unpaired) electrons. The summed E-state index contributed by atoms with van der Waals surface area (Å²) in [5, 5.41) is 7.22. The molecule has 0 saturated carbocycles. The van der Waals surface area contributed by atoms with E-state index in [0.29, 0.717) is 11.8 Å². The van der Waals surface area contributed by atoms with Crippen LogP contribution in [0.15, 0.2) is 188 Å². The predicted octanol–water partition coefficient (Wildman–Crippen LogP) is 16.2. The smallest absolute Gasteiger partial charge is 0.136 e. The number of anilines is 4. The van der Waals surface area contributed by atoms with Crippen molar-refractivity contribution in [1.82, 2.24) is 9.55 Å². The number of hydrogen-bond acceptors (Lipinski definition) is 3. The zero-order valence-electron chi connectivity index (χ0n) is 46.8. The van der Waals surface area contributed by atoms with Crippen LogP contribution in [0.4, 0.5) is 22.7 Å². The van der Waals surface area contributed by atoms with Crippen molar-refractivity contribution in [2.24, 2.45) is 0 Å². The molecular formula is C71H71N4PtSi-3. The molecule has 0 unspecified atom stereocenters. The number of fused-ring (bicyclic) bond motifs is 4. The van der Waals surface area contributed by atoms with Gasteiger partial charge in [-0.1, -0.05) is 204 Å². The van der Waals surface area contributed by atoms with Crippen LogP contribution < -0.4 is 30.5 Å². The average molecular weight is 1200 g/mol. The molecule has 1 aliphatic rings. The first-order chi connectivity index (χ1) is 36.4. The fraction of sp³-hybridized carbons (Fsp3) is 0.239. The third kappa shape index (κ3) is 9.63. The molecule has 8 aromatic carbocycles. The summed E-state index contributed by atoms with van der Waals surface area (Å²) < 4.78 is 2.37. The molecule has 0 saturated heterocycles. The number of rotatable bonds is 11. The van der Waals surface area contributed by atoms with Crippen LogP contribution in [0.1, 0.15) is 129 Å². The van der Waals surface area contributed by atoms with E-state index >= 15 is 0 Å². The molecule has 3 heterocycles. The molecule has 0 aliphatic carbocycles. The molecule has 2 aromatic heterocycles. The SMILES string of the molecule is CC(C)c1cc(N2[CH-]N(c3cccc(C(C)(C)C)c3)c3ccc(C(C)(C)C)cc32)[c-]c([Si](c2[c-]c3c(cc2)c2ccccc2n3-c2cc(-c3c(C(C)C)cccc3C(C)C)ccn2)(c2ccccc2)c2ccccc2)c1.[Pt]. The van der Waals surface area contributed by atoms with Crippen molar-refractivity contribution < 1.29 is 21.1 Å². The van der Waals surface area contributed by atoms with Crippen LogP contribution in [0.2, 0.25) is 0 Å². The molecule has 1 aliphatic heterocycles. The summed E-state index contributed by atoms with van der Waals surface area (Å²) >= 11 is 0. The second kappa shape index (κ2) is 20.9. The Balaban J connectivity index is 0.00000672. The minimum atomic E-state index is -3.29. The second-order valence-electron chi connectivity index (χ2n) is 24.0. The van der Waals surface area contributed by atoms with E-state index in [2.05, 4.69) is 298 Å². The normalized spacial score (nSPS) is 13.1. The minimum Gasteiger partial charge on any atom is -0.493 e. The van der Waals surface area contributed by atoms with E-state index < -0.39 is 8.07 Å². The van der Waals surface area contributed by atoms with Gasteiger partial charge in [0, 0.05) is 49.8 Å². The van der Waals surface area contributed by atoms with Crippen molar-refractivity contribution in [2.45, 2.75) is 112 Å². The third-order valence-corrected chi connectivity index (χ3v) is 20.4. The van der Waals surface area contributed by atoms with Gasteiger partial charge in [0.1, 0.15) is 13.9 Å². The number of para-hydroxylation sites is 1. The quantitative estimate of drug-likeness (QED) is 0.0733. The van der Waals surface area contributed by atoms with Gasteiger partial charge >= 0.3 is 0 Å². The van der Waals surface area contributed by atoms with E-state index in [9.17, 15) is 0 Å². The van der Waals surface area contributed by atoms with Gasteiger partial charge in [-0.15, -0.1) is 23.8 Å². The summed E-state index contributed by atoms with van der Waals surface area (Å²) in [5.41, 5.74) is 15.6. The van der Waals surface area contributed by atoms with Gasteiger partial charge in [-0.25, -0.2) is 4.98 Å². The molecule has 10 aromatic rings. The van der Waals surface area contributed by atoms with Gasteiger partial charge in [0.2, 0.25) is 0 Å². The zero-order valence-corrected chi connectivity index (χ0v) is 50.1. The van der Waals surface area contributed by atoms with Gasteiger partial charge in [0.25, 0.3) is 0 Å². The number of aromatic nitrogens is 2. The van der Waals surface area contributed by atoms with Gasteiger partial charge in [-0.2, -0.15) is 46.3 Å². The average Bonchev–Trinajstić information content (AvgIpc) is 4.07. The number of pyridine rings is 1. The number of benzene rings is 8. The van der Waals surface area contributed by atoms with Crippen LogP contribution in [0.3, 0.4) is 0 Å². The van der Waals surface area contributed by atoms with Crippen molar-refractivity contribution in [3.05, 3.63) is 235 Å². The summed E-state index contributed by atoms with van der Waals surface area (Å²) in [6.07, 6.45) is 2.00. The minimum absolute atomic E-state index is 0. The summed E-state index contributed by atoms with van der Waals surface area (Å²) in [6, 6.07) is 76.9. The van der Waals surface area contributed by atoms with Crippen molar-refractivity contribution in [2.75, 3.05) is 9.80 Å². The predicted molar refractivity (Wildman–Crippen MR) is 326 cm³/mol. The maximum Gasteiger partial charge on any atom is 0.136 e. The molecule has 0 amide bonds. The fourth-order valence-electron chi connectivity index (χ4n) is 11.6. The summed E-state index contributed by atoms with van der Waals surface area (Å²) in [7, 11) is -3.29. The number of hydrogen-bond donors (Lipinski definition) is 0. The molecular weight excluding hydrogens is 1130 g/mol. The van der Waals surface area contributed by atoms with Crippen LogP contribution in [0, 0.1) is 18.8 Å². The summed E-state index contributed by atoms with van der Waals surface area (Å²) in [4.78, 5) is 10.0. The summed E-state index contributed by atoms with van der Waals surface area (Å²) in [5.74, 6) is 1.83. The standard InChI is InChI=1S/C71H71N4Si.Pt/c1-47(2)51-39-55(74-46-73(54-24-21-23-52(42-54)70(7,8)9)65-36-33-53(43-67(65)74)71(10,11)12)44-59(40-51)76(56-25-15-13-16-26-56,57-27-17-14-18-28-57)58-34-35-63-62-29-19-20-32-64(62)75(66(63)45-58)68-41-50(37-38-72-68)69-60(48(3)4)30-22-31-61(69)49(5)6;/h13-43,46-49H,1-12H3;/q-3;. The van der Waals surface area contributed by atoms with Gasteiger partial charge in [-0.05, 0) is 120 Å². The molecule has 6 heteroatoms. The largest absolute Gasteiger partial charge is 0.493 e. The van der Waals surface area contributed by atoms with Crippen LogP contribution in [0.25, 0.3) is 38.8 Å². The summed E-state index contributed by atoms with van der Waals surface area (Å²) in [6.45, 7) is 29.9. The first kappa shape index (κ1) is 53.6. The Kier molecular flexibility index (Phi) is 14.5. The molecule has 0 spiro atoms.